The Hall–Kier alpha value is -2.29. The average molecular weight is 281 g/mol. The number of nitrogens with zero attached hydrogens (tertiary/aromatic N) is 1. The lowest BCUT2D eigenvalue weighted by Gasteiger charge is -2.20. The Morgan fingerprint density at radius 2 is 2.05 bits per heavy atom. The van der Waals surface area contributed by atoms with Crippen molar-refractivity contribution in [3.8, 4) is 0 Å². The summed E-state index contributed by atoms with van der Waals surface area (Å²) in [6.45, 7) is 3.70. The van der Waals surface area contributed by atoms with Crippen LogP contribution in [0.15, 0.2) is 48.5 Å². The highest BCUT2D eigenvalue weighted by Gasteiger charge is 2.29. The minimum absolute atomic E-state index is 0.0866. The van der Waals surface area contributed by atoms with Gasteiger partial charge < -0.3 is 10.0 Å². The molecule has 1 N–H and O–H groups in total. The molecule has 108 valence electrons. The molecule has 3 heteroatoms. The molecule has 0 aromatic heterocycles. The Morgan fingerprint density at radius 1 is 1.24 bits per heavy atom. The van der Waals surface area contributed by atoms with Gasteiger partial charge in [0.05, 0.1) is 6.42 Å². The second kappa shape index (κ2) is 5.60. The van der Waals surface area contributed by atoms with E-state index in [9.17, 15) is 4.79 Å². The molecule has 21 heavy (non-hydrogen) atoms. The van der Waals surface area contributed by atoms with Crippen molar-refractivity contribution in [3.63, 3.8) is 0 Å². The maximum atomic E-state index is 11.1. The third-order valence-electron chi connectivity index (χ3n) is 4.03. The second-order valence-electron chi connectivity index (χ2n) is 5.72. The molecule has 0 spiro atoms. The van der Waals surface area contributed by atoms with Gasteiger partial charge in [0.2, 0.25) is 0 Å². The first-order valence-electron chi connectivity index (χ1n) is 7.24. The number of rotatable bonds is 4. The first kappa shape index (κ1) is 13.7. The van der Waals surface area contributed by atoms with Gasteiger partial charge in [0.1, 0.15) is 0 Å². The van der Waals surface area contributed by atoms with E-state index in [0.29, 0.717) is 0 Å². The largest absolute Gasteiger partial charge is 0.481 e. The topological polar surface area (TPSA) is 40.5 Å². The van der Waals surface area contributed by atoms with Crippen LogP contribution >= 0.6 is 0 Å². The zero-order valence-corrected chi connectivity index (χ0v) is 12.1. The molecule has 2 aromatic carbocycles. The molecule has 1 atom stereocenters. The number of fused-ring (bicyclic) bond motifs is 1. The summed E-state index contributed by atoms with van der Waals surface area (Å²) in [5.74, 6) is -0.643. The fourth-order valence-corrected chi connectivity index (χ4v) is 3.15. The lowest BCUT2D eigenvalue weighted by atomic mass is 9.98. The fourth-order valence-electron chi connectivity index (χ4n) is 3.15. The number of hydrogen-bond acceptors (Lipinski definition) is 2. The summed E-state index contributed by atoms with van der Waals surface area (Å²) in [5.41, 5.74) is 4.85. The van der Waals surface area contributed by atoms with Gasteiger partial charge in [0, 0.05) is 24.7 Å². The van der Waals surface area contributed by atoms with Crippen molar-refractivity contribution in [1.82, 2.24) is 0 Å². The Balaban J connectivity index is 1.85. The normalized spacial score (nSPS) is 16.8. The van der Waals surface area contributed by atoms with Crippen LogP contribution in [0.5, 0.6) is 0 Å². The van der Waals surface area contributed by atoms with Crippen LogP contribution in [0.3, 0.4) is 0 Å². The number of aliphatic carboxylic acids is 1. The quantitative estimate of drug-likeness (QED) is 0.931. The van der Waals surface area contributed by atoms with E-state index >= 15 is 0 Å². The molecule has 0 bridgehead atoms. The third kappa shape index (κ3) is 2.92. The SMILES string of the molecule is Cc1cccc(CN2CC(CC(=O)O)c3ccccc32)c1. The van der Waals surface area contributed by atoms with Gasteiger partial charge in [-0.05, 0) is 24.1 Å². The van der Waals surface area contributed by atoms with E-state index in [2.05, 4.69) is 48.2 Å². The zero-order valence-electron chi connectivity index (χ0n) is 12.1. The van der Waals surface area contributed by atoms with Crippen LogP contribution in [-0.2, 0) is 11.3 Å². The molecule has 1 aliphatic rings. The van der Waals surface area contributed by atoms with Crippen molar-refractivity contribution in [3.05, 3.63) is 65.2 Å². The molecule has 0 radical (unpaired) electrons. The summed E-state index contributed by atoms with van der Waals surface area (Å²) in [6, 6.07) is 16.6. The summed E-state index contributed by atoms with van der Waals surface area (Å²) in [6.07, 6.45) is 0.196. The number of carboxylic acids is 1. The van der Waals surface area contributed by atoms with Crippen molar-refractivity contribution in [1.29, 1.82) is 0 Å². The first-order chi connectivity index (χ1) is 10.1. The number of benzene rings is 2. The van der Waals surface area contributed by atoms with Crippen LogP contribution in [0, 0.1) is 6.92 Å². The molecule has 1 unspecified atom stereocenters. The highest BCUT2D eigenvalue weighted by Crippen LogP contribution is 2.38. The maximum Gasteiger partial charge on any atom is 0.304 e. The lowest BCUT2D eigenvalue weighted by Crippen LogP contribution is -2.22. The molecule has 0 saturated carbocycles. The van der Waals surface area contributed by atoms with Crippen molar-refractivity contribution in [2.75, 3.05) is 11.4 Å². The summed E-state index contributed by atoms with van der Waals surface area (Å²) in [7, 11) is 0. The minimum Gasteiger partial charge on any atom is -0.481 e. The van der Waals surface area contributed by atoms with Gasteiger partial charge in [-0.2, -0.15) is 0 Å². The molecule has 2 aromatic rings. The van der Waals surface area contributed by atoms with Crippen LogP contribution < -0.4 is 4.90 Å². The van der Waals surface area contributed by atoms with Gasteiger partial charge in [-0.15, -0.1) is 0 Å². The van der Waals surface area contributed by atoms with E-state index < -0.39 is 5.97 Å². The molecule has 0 amide bonds. The van der Waals surface area contributed by atoms with E-state index in [-0.39, 0.29) is 12.3 Å². The van der Waals surface area contributed by atoms with E-state index in [1.54, 1.807) is 0 Å². The monoisotopic (exact) mass is 281 g/mol. The van der Waals surface area contributed by atoms with E-state index in [0.717, 1.165) is 18.7 Å². The summed E-state index contributed by atoms with van der Waals surface area (Å²) >= 11 is 0. The Kier molecular flexibility index (Phi) is 3.65. The number of aryl methyl sites for hydroxylation is 1. The second-order valence-corrected chi connectivity index (χ2v) is 5.72. The van der Waals surface area contributed by atoms with Gasteiger partial charge in [0.15, 0.2) is 0 Å². The minimum atomic E-state index is -0.729. The number of hydrogen-bond donors (Lipinski definition) is 1. The number of anilines is 1. The number of carboxylic acid groups (broad SMARTS) is 1. The van der Waals surface area contributed by atoms with E-state index in [1.165, 1.54) is 16.8 Å². The molecule has 0 fully saturated rings. The Labute approximate surface area is 124 Å². The van der Waals surface area contributed by atoms with Crippen LogP contribution in [0.2, 0.25) is 0 Å². The molecular formula is C18H19NO2. The number of para-hydroxylation sites is 1. The van der Waals surface area contributed by atoms with Crippen LogP contribution in [0.4, 0.5) is 5.69 Å². The third-order valence-corrected chi connectivity index (χ3v) is 4.03. The highest BCUT2D eigenvalue weighted by atomic mass is 16.4. The first-order valence-corrected chi connectivity index (χ1v) is 7.24. The van der Waals surface area contributed by atoms with E-state index in [1.807, 2.05) is 12.1 Å². The van der Waals surface area contributed by atoms with Gasteiger partial charge in [0.25, 0.3) is 0 Å². The van der Waals surface area contributed by atoms with Gasteiger partial charge >= 0.3 is 5.97 Å². The standard InChI is InChI=1S/C18H19NO2/c1-13-5-4-6-14(9-13)11-19-12-15(10-18(20)21)16-7-2-3-8-17(16)19/h2-9,15H,10-12H2,1H3,(H,20,21). The van der Waals surface area contributed by atoms with Gasteiger partial charge in [-0.3, -0.25) is 4.79 Å². The highest BCUT2D eigenvalue weighted by molar-refractivity contribution is 5.71. The molecule has 3 rings (SSSR count). The van der Waals surface area contributed by atoms with Crippen molar-refractivity contribution in [2.45, 2.75) is 25.8 Å². The summed E-state index contributed by atoms with van der Waals surface area (Å²) in [4.78, 5) is 13.3. The van der Waals surface area contributed by atoms with Crippen molar-refractivity contribution in [2.24, 2.45) is 0 Å². The van der Waals surface area contributed by atoms with Gasteiger partial charge in [-0.25, -0.2) is 0 Å². The van der Waals surface area contributed by atoms with Crippen molar-refractivity contribution < 1.29 is 9.90 Å². The molecule has 1 aliphatic heterocycles. The average Bonchev–Trinajstić information content (AvgIpc) is 2.77. The Morgan fingerprint density at radius 3 is 2.81 bits per heavy atom. The molecule has 3 nitrogen and oxygen atoms in total. The Bertz CT molecular complexity index is 666. The van der Waals surface area contributed by atoms with Crippen LogP contribution in [0.1, 0.15) is 29.0 Å². The predicted octanol–water partition coefficient (Wildman–Crippen LogP) is 3.57. The molecule has 0 aliphatic carbocycles. The fraction of sp³-hybridized carbons (Fsp3) is 0.278. The summed E-state index contributed by atoms with van der Waals surface area (Å²) < 4.78 is 0. The van der Waals surface area contributed by atoms with Crippen molar-refractivity contribution >= 4 is 11.7 Å². The number of carbonyl (C=O) groups is 1. The molecular weight excluding hydrogens is 262 g/mol. The zero-order chi connectivity index (χ0) is 14.8. The summed E-state index contributed by atoms with van der Waals surface area (Å²) in [5, 5.41) is 9.09. The smallest absolute Gasteiger partial charge is 0.304 e. The molecule has 1 heterocycles. The van der Waals surface area contributed by atoms with E-state index in [4.69, 9.17) is 5.11 Å². The van der Waals surface area contributed by atoms with Gasteiger partial charge in [-0.1, -0.05) is 48.0 Å². The molecule has 0 saturated heterocycles. The van der Waals surface area contributed by atoms with Crippen LogP contribution in [-0.4, -0.2) is 17.6 Å². The maximum absolute atomic E-state index is 11.1. The lowest BCUT2D eigenvalue weighted by molar-refractivity contribution is -0.137. The predicted molar refractivity (Wildman–Crippen MR) is 83.7 cm³/mol. The van der Waals surface area contributed by atoms with Crippen LogP contribution in [0.25, 0.3) is 0 Å².